The second-order valence-electron chi connectivity index (χ2n) is 5.31. The van der Waals surface area contributed by atoms with Gasteiger partial charge in [0, 0.05) is 11.5 Å². The normalized spacial score (nSPS) is 21.6. The van der Waals surface area contributed by atoms with Crippen LogP contribution in [0.15, 0.2) is 16.9 Å². The molecule has 1 saturated carbocycles. The van der Waals surface area contributed by atoms with Crippen molar-refractivity contribution in [3.8, 4) is 11.6 Å². The van der Waals surface area contributed by atoms with Gasteiger partial charge in [0.05, 0.1) is 12.3 Å². The van der Waals surface area contributed by atoms with Gasteiger partial charge in [0.1, 0.15) is 12.0 Å². The van der Waals surface area contributed by atoms with Gasteiger partial charge >= 0.3 is 0 Å². The molecule has 8 heteroatoms. The summed E-state index contributed by atoms with van der Waals surface area (Å²) in [5.41, 5.74) is 7.99. The van der Waals surface area contributed by atoms with Crippen LogP contribution in [0.5, 0.6) is 0 Å². The van der Waals surface area contributed by atoms with Gasteiger partial charge in [0.25, 0.3) is 0 Å². The number of aliphatic hydroxyl groups excluding tert-OH is 1. The molecule has 1 aliphatic rings. The van der Waals surface area contributed by atoms with E-state index in [-0.39, 0.29) is 18.0 Å². The van der Waals surface area contributed by atoms with Crippen LogP contribution in [0.25, 0.3) is 17.2 Å². The minimum absolute atomic E-state index is 0.184. The standard InChI is InChI=1S/C13H14N6O2/c1-6-9(12-15-2-3-21-12)16-13(14)19-11(6)17-10(18-19)7-4-8(20)5-7/h2-3,7-8,20H,4-5H2,1H3,(H2,14,16). The third-order valence-electron chi connectivity index (χ3n) is 3.87. The van der Waals surface area contributed by atoms with Crippen molar-refractivity contribution in [3.63, 3.8) is 0 Å². The highest BCUT2D eigenvalue weighted by Crippen LogP contribution is 2.35. The van der Waals surface area contributed by atoms with E-state index in [0.29, 0.717) is 35.9 Å². The average Bonchev–Trinajstić information content (AvgIpc) is 3.08. The highest BCUT2D eigenvalue weighted by Gasteiger charge is 2.32. The molecule has 1 aliphatic carbocycles. The van der Waals surface area contributed by atoms with E-state index in [4.69, 9.17) is 10.2 Å². The number of nitrogens with zero attached hydrogens (tertiary/aromatic N) is 5. The van der Waals surface area contributed by atoms with E-state index in [1.807, 2.05) is 6.92 Å². The fourth-order valence-electron chi connectivity index (χ4n) is 2.60. The molecule has 3 aromatic rings. The molecule has 0 saturated heterocycles. The maximum atomic E-state index is 9.41. The van der Waals surface area contributed by atoms with Crippen LogP contribution in [0.3, 0.4) is 0 Å². The first kappa shape index (κ1) is 12.3. The smallest absolute Gasteiger partial charge is 0.245 e. The molecule has 0 amide bonds. The Balaban J connectivity index is 1.87. The highest BCUT2D eigenvalue weighted by atomic mass is 16.3. The summed E-state index contributed by atoms with van der Waals surface area (Å²) >= 11 is 0. The largest absolute Gasteiger partial charge is 0.443 e. The first-order chi connectivity index (χ1) is 10.1. The van der Waals surface area contributed by atoms with Gasteiger partial charge in [-0.05, 0) is 19.8 Å². The SMILES string of the molecule is Cc1c(-c2ncco2)nc(N)n2nc(C3CC(O)C3)nc12. The quantitative estimate of drug-likeness (QED) is 0.719. The van der Waals surface area contributed by atoms with Gasteiger partial charge < -0.3 is 15.3 Å². The molecular formula is C13H14N6O2. The fourth-order valence-corrected chi connectivity index (χ4v) is 2.60. The van der Waals surface area contributed by atoms with E-state index in [2.05, 4.69) is 20.1 Å². The van der Waals surface area contributed by atoms with Crippen molar-refractivity contribution in [2.24, 2.45) is 0 Å². The summed E-state index contributed by atoms with van der Waals surface area (Å²) < 4.78 is 6.81. The summed E-state index contributed by atoms with van der Waals surface area (Å²) in [5, 5.41) is 13.8. The van der Waals surface area contributed by atoms with Crippen LogP contribution < -0.4 is 5.73 Å². The minimum atomic E-state index is -0.249. The number of aromatic nitrogens is 5. The summed E-state index contributed by atoms with van der Waals surface area (Å²) in [6, 6.07) is 0. The lowest BCUT2D eigenvalue weighted by Gasteiger charge is -2.28. The van der Waals surface area contributed by atoms with Crippen LogP contribution in [0.4, 0.5) is 5.95 Å². The molecule has 0 unspecified atom stereocenters. The van der Waals surface area contributed by atoms with E-state index in [9.17, 15) is 5.11 Å². The van der Waals surface area contributed by atoms with Gasteiger partial charge in [-0.3, -0.25) is 0 Å². The molecule has 3 aromatic heterocycles. The maximum Gasteiger partial charge on any atom is 0.245 e. The molecule has 0 aromatic carbocycles. The third-order valence-corrected chi connectivity index (χ3v) is 3.87. The Morgan fingerprint density at radius 2 is 2.19 bits per heavy atom. The molecule has 0 atom stereocenters. The minimum Gasteiger partial charge on any atom is -0.443 e. The number of anilines is 1. The van der Waals surface area contributed by atoms with Gasteiger partial charge in [-0.15, -0.1) is 5.10 Å². The predicted molar refractivity (Wildman–Crippen MR) is 73.4 cm³/mol. The fraction of sp³-hybridized carbons (Fsp3) is 0.385. The summed E-state index contributed by atoms with van der Waals surface area (Å²) in [6.07, 6.45) is 4.18. The van der Waals surface area contributed by atoms with Crippen molar-refractivity contribution in [1.82, 2.24) is 24.6 Å². The number of aliphatic hydroxyl groups is 1. The molecule has 0 aliphatic heterocycles. The summed E-state index contributed by atoms with van der Waals surface area (Å²) in [7, 11) is 0. The average molecular weight is 286 g/mol. The van der Waals surface area contributed by atoms with Crippen molar-refractivity contribution in [2.45, 2.75) is 31.8 Å². The van der Waals surface area contributed by atoms with Crippen LogP contribution in [0, 0.1) is 6.92 Å². The zero-order valence-electron chi connectivity index (χ0n) is 11.4. The van der Waals surface area contributed by atoms with E-state index in [1.165, 1.54) is 10.8 Å². The van der Waals surface area contributed by atoms with Gasteiger partial charge in [0.2, 0.25) is 11.8 Å². The lowest BCUT2D eigenvalue weighted by Crippen LogP contribution is -2.27. The molecule has 0 radical (unpaired) electrons. The molecular weight excluding hydrogens is 272 g/mol. The van der Waals surface area contributed by atoms with Crippen molar-refractivity contribution in [2.75, 3.05) is 5.73 Å². The van der Waals surface area contributed by atoms with Crippen LogP contribution in [-0.4, -0.2) is 35.8 Å². The van der Waals surface area contributed by atoms with Crippen molar-refractivity contribution in [3.05, 3.63) is 23.8 Å². The van der Waals surface area contributed by atoms with Crippen molar-refractivity contribution >= 4 is 11.6 Å². The highest BCUT2D eigenvalue weighted by molar-refractivity contribution is 5.65. The third kappa shape index (κ3) is 1.79. The molecule has 108 valence electrons. The topological polar surface area (TPSA) is 115 Å². The summed E-state index contributed by atoms with van der Waals surface area (Å²) in [6.45, 7) is 1.88. The Morgan fingerprint density at radius 1 is 1.38 bits per heavy atom. The second kappa shape index (κ2) is 4.26. The van der Waals surface area contributed by atoms with Gasteiger partial charge in [-0.1, -0.05) is 0 Å². The molecule has 3 heterocycles. The predicted octanol–water partition coefficient (Wildman–Crippen LogP) is 0.908. The van der Waals surface area contributed by atoms with E-state index >= 15 is 0 Å². The molecule has 21 heavy (non-hydrogen) atoms. The lowest BCUT2D eigenvalue weighted by atomic mass is 9.82. The van der Waals surface area contributed by atoms with Crippen molar-refractivity contribution < 1.29 is 9.52 Å². The number of hydrogen-bond acceptors (Lipinski definition) is 7. The number of aryl methyl sites for hydroxylation is 1. The number of nitrogen functional groups attached to an aromatic ring is 1. The number of hydrogen-bond donors (Lipinski definition) is 2. The Kier molecular flexibility index (Phi) is 2.49. The maximum absolute atomic E-state index is 9.41. The van der Waals surface area contributed by atoms with E-state index in [1.54, 1.807) is 6.20 Å². The number of fused-ring (bicyclic) bond motifs is 1. The molecule has 3 N–H and O–H groups in total. The Morgan fingerprint density at radius 3 is 2.86 bits per heavy atom. The van der Waals surface area contributed by atoms with Crippen LogP contribution in [0.2, 0.25) is 0 Å². The Labute approximate surface area is 119 Å². The zero-order valence-corrected chi connectivity index (χ0v) is 11.4. The number of nitrogens with two attached hydrogens (primary N) is 1. The van der Waals surface area contributed by atoms with Crippen LogP contribution in [-0.2, 0) is 0 Å². The zero-order chi connectivity index (χ0) is 14.6. The Hall–Kier alpha value is -2.48. The van der Waals surface area contributed by atoms with Gasteiger partial charge in [0.15, 0.2) is 11.5 Å². The number of rotatable bonds is 2. The molecule has 0 bridgehead atoms. The van der Waals surface area contributed by atoms with Crippen molar-refractivity contribution in [1.29, 1.82) is 0 Å². The monoisotopic (exact) mass is 286 g/mol. The Bertz CT molecular complexity index is 804. The van der Waals surface area contributed by atoms with Crippen LogP contribution >= 0.6 is 0 Å². The lowest BCUT2D eigenvalue weighted by molar-refractivity contribution is 0.0717. The second-order valence-corrected chi connectivity index (χ2v) is 5.31. The molecule has 0 spiro atoms. The first-order valence-electron chi connectivity index (χ1n) is 6.74. The molecule has 4 rings (SSSR count). The van der Waals surface area contributed by atoms with Crippen LogP contribution in [0.1, 0.15) is 30.1 Å². The molecule has 1 fully saturated rings. The molecule has 8 nitrogen and oxygen atoms in total. The number of oxazole rings is 1. The first-order valence-corrected chi connectivity index (χ1v) is 6.74. The summed E-state index contributed by atoms with van der Waals surface area (Å²) in [5.74, 6) is 1.53. The summed E-state index contributed by atoms with van der Waals surface area (Å²) in [4.78, 5) is 13.0. The van der Waals surface area contributed by atoms with E-state index < -0.39 is 0 Å². The van der Waals surface area contributed by atoms with E-state index in [0.717, 1.165) is 5.56 Å². The van der Waals surface area contributed by atoms with Gasteiger partial charge in [-0.2, -0.15) is 4.52 Å². The van der Waals surface area contributed by atoms with Gasteiger partial charge in [-0.25, -0.2) is 15.0 Å².